The van der Waals surface area contributed by atoms with Crippen molar-refractivity contribution in [3.63, 3.8) is 0 Å². The molecule has 0 spiro atoms. The molecule has 2 aliphatic rings. The van der Waals surface area contributed by atoms with Gasteiger partial charge in [0, 0.05) is 23.7 Å². The lowest BCUT2D eigenvalue weighted by Gasteiger charge is -2.33. The molecule has 2 aliphatic heterocycles. The van der Waals surface area contributed by atoms with Gasteiger partial charge >= 0.3 is 0 Å². The van der Waals surface area contributed by atoms with Gasteiger partial charge in [-0.15, -0.1) is 0 Å². The van der Waals surface area contributed by atoms with Crippen molar-refractivity contribution >= 4 is 29.0 Å². The number of hydrogen-bond acceptors (Lipinski definition) is 3. The Hall–Kier alpha value is -3.73. The number of fused-ring (bicyclic) bond motifs is 4. The highest BCUT2D eigenvalue weighted by Crippen LogP contribution is 2.44. The van der Waals surface area contributed by atoms with Gasteiger partial charge in [-0.3, -0.25) is 14.5 Å². The Morgan fingerprint density at radius 1 is 0.964 bits per heavy atom. The molecule has 2 amide bonds. The smallest absolute Gasteiger partial charge is 0.261 e. The molecule has 0 saturated heterocycles. The highest BCUT2D eigenvalue weighted by atomic mass is 16.2. The standard InChI is InChI=1S/C23H17N3O2/c1-14(27)24-16-11-12-20-19(13-16)21(15-7-3-2-4-8-15)26-22(25-20)17-9-5-6-10-18(17)23(26)28/h2-13,21H,1H3,(H,24,27). The Morgan fingerprint density at radius 2 is 1.68 bits per heavy atom. The molecule has 5 heteroatoms. The SMILES string of the molecule is CC(=O)Nc1ccc2c(c1)C(c1ccccc1)N1C(=O)c3ccccc3C1=N2. The molecule has 0 aliphatic carbocycles. The lowest BCUT2D eigenvalue weighted by Crippen LogP contribution is -2.37. The maximum Gasteiger partial charge on any atom is 0.261 e. The van der Waals surface area contributed by atoms with E-state index in [0.29, 0.717) is 17.1 Å². The molecule has 136 valence electrons. The summed E-state index contributed by atoms with van der Waals surface area (Å²) in [4.78, 5) is 31.3. The molecular formula is C23H17N3O2. The van der Waals surface area contributed by atoms with Crippen LogP contribution in [-0.2, 0) is 4.79 Å². The molecule has 5 nitrogen and oxygen atoms in total. The van der Waals surface area contributed by atoms with Crippen LogP contribution in [0.15, 0.2) is 77.8 Å². The summed E-state index contributed by atoms with van der Waals surface area (Å²) in [7, 11) is 0. The van der Waals surface area contributed by atoms with Crippen LogP contribution < -0.4 is 5.32 Å². The molecular weight excluding hydrogens is 350 g/mol. The van der Waals surface area contributed by atoms with Gasteiger partial charge in [-0.2, -0.15) is 0 Å². The minimum Gasteiger partial charge on any atom is -0.326 e. The normalized spacial score (nSPS) is 16.8. The summed E-state index contributed by atoms with van der Waals surface area (Å²) in [6.07, 6.45) is 0. The fourth-order valence-electron chi connectivity index (χ4n) is 3.95. The molecule has 2 heterocycles. The van der Waals surface area contributed by atoms with E-state index in [-0.39, 0.29) is 17.9 Å². The summed E-state index contributed by atoms with van der Waals surface area (Å²) in [6.45, 7) is 1.48. The number of amidine groups is 1. The molecule has 0 radical (unpaired) electrons. The van der Waals surface area contributed by atoms with E-state index in [1.807, 2.05) is 72.8 Å². The van der Waals surface area contributed by atoms with Crippen molar-refractivity contribution in [3.8, 4) is 0 Å². The Balaban J connectivity index is 1.75. The zero-order chi connectivity index (χ0) is 19.3. The van der Waals surface area contributed by atoms with E-state index in [4.69, 9.17) is 4.99 Å². The van der Waals surface area contributed by atoms with Gasteiger partial charge in [-0.1, -0.05) is 48.5 Å². The van der Waals surface area contributed by atoms with Gasteiger partial charge in [-0.05, 0) is 29.8 Å². The number of nitrogens with one attached hydrogen (secondary N) is 1. The van der Waals surface area contributed by atoms with Crippen LogP contribution in [0.1, 0.15) is 40.0 Å². The number of benzene rings is 3. The van der Waals surface area contributed by atoms with Gasteiger partial charge in [-0.25, -0.2) is 4.99 Å². The number of rotatable bonds is 2. The average molecular weight is 367 g/mol. The summed E-state index contributed by atoms with van der Waals surface area (Å²) < 4.78 is 0. The number of carbonyl (C=O) groups is 2. The molecule has 3 aromatic carbocycles. The quantitative estimate of drug-likeness (QED) is 0.735. The lowest BCUT2D eigenvalue weighted by atomic mass is 9.93. The largest absolute Gasteiger partial charge is 0.326 e. The average Bonchev–Trinajstić information content (AvgIpc) is 2.99. The summed E-state index contributed by atoms with van der Waals surface area (Å²) in [5.74, 6) is 0.480. The highest BCUT2D eigenvalue weighted by Gasteiger charge is 2.42. The maximum atomic E-state index is 13.3. The molecule has 0 bridgehead atoms. The van der Waals surface area contributed by atoms with Crippen LogP contribution in [0.4, 0.5) is 11.4 Å². The first kappa shape index (κ1) is 16.4. The molecule has 0 fully saturated rings. The van der Waals surface area contributed by atoms with Crippen LogP contribution in [-0.4, -0.2) is 22.5 Å². The number of hydrogen-bond donors (Lipinski definition) is 1. The van der Waals surface area contributed by atoms with Crippen molar-refractivity contribution in [2.75, 3.05) is 5.32 Å². The van der Waals surface area contributed by atoms with Crippen LogP contribution >= 0.6 is 0 Å². The second-order valence-electron chi connectivity index (χ2n) is 6.92. The molecule has 3 aromatic rings. The van der Waals surface area contributed by atoms with Crippen molar-refractivity contribution < 1.29 is 9.59 Å². The zero-order valence-corrected chi connectivity index (χ0v) is 15.2. The van der Waals surface area contributed by atoms with Gasteiger partial charge in [0.25, 0.3) is 5.91 Å². The van der Waals surface area contributed by atoms with E-state index >= 15 is 0 Å². The number of aliphatic imine (C=N–C) groups is 1. The minimum atomic E-state index is -0.308. The molecule has 5 rings (SSSR count). The van der Waals surface area contributed by atoms with Crippen molar-refractivity contribution in [2.24, 2.45) is 4.99 Å². The van der Waals surface area contributed by atoms with E-state index in [0.717, 1.165) is 22.4 Å². The van der Waals surface area contributed by atoms with Crippen LogP contribution in [0, 0.1) is 0 Å². The van der Waals surface area contributed by atoms with Crippen molar-refractivity contribution in [3.05, 3.63) is 95.1 Å². The monoisotopic (exact) mass is 367 g/mol. The second kappa shape index (κ2) is 6.16. The predicted molar refractivity (Wildman–Crippen MR) is 108 cm³/mol. The fraction of sp³-hybridized carbons (Fsp3) is 0.0870. The molecule has 1 N–H and O–H groups in total. The predicted octanol–water partition coefficient (Wildman–Crippen LogP) is 4.28. The third-order valence-corrected chi connectivity index (χ3v) is 5.09. The fourth-order valence-corrected chi connectivity index (χ4v) is 3.95. The first-order chi connectivity index (χ1) is 13.6. The van der Waals surface area contributed by atoms with Crippen molar-refractivity contribution in [1.82, 2.24) is 4.90 Å². The first-order valence-corrected chi connectivity index (χ1v) is 9.11. The number of carbonyl (C=O) groups excluding carboxylic acids is 2. The summed E-state index contributed by atoms with van der Waals surface area (Å²) in [5.41, 5.74) is 4.90. The van der Waals surface area contributed by atoms with Crippen molar-refractivity contribution in [1.29, 1.82) is 0 Å². The van der Waals surface area contributed by atoms with E-state index < -0.39 is 0 Å². The Kier molecular flexibility index (Phi) is 3.62. The van der Waals surface area contributed by atoms with Gasteiger partial charge in [0.05, 0.1) is 17.3 Å². The number of nitrogens with zero attached hydrogens (tertiary/aromatic N) is 2. The number of anilines is 1. The molecule has 1 unspecified atom stereocenters. The molecule has 0 aromatic heterocycles. The highest BCUT2D eigenvalue weighted by molar-refractivity contribution is 6.25. The van der Waals surface area contributed by atoms with Gasteiger partial charge < -0.3 is 5.32 Å². The van der Waals surface area contributed by atoms with Crippen LogP contribution in [0.3, 0.4) is 0 Å². The number of amides is 2. The molecule has 1 atom stereocenters. The van der Waals surface area contributed by atoms with E-state index in [2.05, 4.69) is 5.32 Å². The lowest BCUT2D eigenvalue weighted by molar-refractivity contribution is -0.114. The van der Waals surface area contributed by atoms with Gasteiger partial charge in [0.1, 0.15) is 5.84 Å². The van der Waals surface area contributed by atoms with Crippen LogP contribution in [0.2, 0.25) is 0 Å². The second-order valence-corrected chi connectivity index (χ2v) is 6.92. The Bertz CT molecular complexity index is 1150. The van der Waals surface area contributed by atoms with Crippen molar-refractivity contribution in [2.45, 2.75) is 13.0 Å². The first-order valence-electron chi connectivity index (χ1n) is 9.11. The minimum absolute atomic E-state index is 0.0567. The Morgan fingerprint density at radius 3 is 2.43 bits per heavy atom. The summed E-state index contributed by atoms with van der Waals surface area (Å²) in [5, 5.41) is 2.82. The summed E-state index contributed by atoms with van der Waals surface area (Å²) in [6, 6.07) is 22.8. The van der Waals surface area contributed by atoms with Crippen LogP contribution in [0.25, 0.3) is 0 Å². The Labute approximate surface area is 162 Å². The van der Waals surface area contributed by atoms with E-state index in [1.54, 1.807) is 4.90 Å². The van der Waals surface area contributed by atoms with Gasteiger partial charge in [0.15, 0.2) is 0 Å². The zero-order valence-electron chi connectivity index (χ0n) is 15.2. The topological polar surface area (TPSA) is 61.8 Å². The maximum absolute atomic E-state index is 13.3. The molecule has 28 heavy (non-hydrogen) atoms. The molecule has 0 saturated carbocycles. The van der Waals surface area contributed by atoms with Gasteiger partial charge in [0.2, 0.25) is 5.91 Å². The van der Waals surface area contributed by atoms with E-state index in [9.17, 15) is 9.59 Å². The van der Waals surface area contributed by atoms with Crippen LogP contribution in [0.5, 0.6) is 0 Å². The van der Waals surface area contributed by atoms with E-state index in [1.165, 1.54) is 6.92 Å². The third kappa shape index (κ3) is 2.44. The summed E-state index contributed by atoms with van der Waals surface area (Å²) >= 11 is 0. The third-order valence-electron chi connectivity index (χ3n) is 5.09.